The zero-order valence-electron chi connectivity index (χ0n) is 13.4. The van der Waals surface area contributed by atoms with Gasteiger partial charge in [-0.3, -0.25) is 4.99 Å². The molecule has 0 aliphatic heterocycles. The van der Waals surface area contributed by atoms with Crippen LogP contribution in [0.1, 0.15) is 31.0 Å². The topological polar surface area (TPSA) is 68.2 Å². The molecule has 0 bridgehead atoms. The second kappa shape index (κ2) is 8.22. The molecule has 2 aromatic rings. The van der Waals surface area contributed by atoms with Gasteiger partial charge in [0.15, 0.2) is 5.96 Å². The van der Waals surface area contributed by atoms with Crippen LogP contribution in [-0.4, -0.2) is 28.8 Å². The molecule has 0 atom stereocenters. The summed E-state index contributed by atoms with van der Waals surface area (Å²) in [5, 5.41) is 7.73. The summed E-state index contributed by atoms with van der Waals surface area (Å²) in [6.07, 6.45) is 5.11. The van der Waals surface area contributed by atoms with E-state index in [0.29, 0.717) is 5.96 Å². The summed E-state index contributed by atoms with van der Waals surface area (Å²) in [5.41, 5.74) is 9.21. The second-order valence-electron chi connectivity index (χ2n) is 5.32. The van der Waals surface area contributed by atoms with Crippen molar-refractivity contribution < 1.29 is 0 Å². The molecule has 0 saturated carbocycles. The fourth-order valence-corrected chi connectivity index (χ4v) is 2.24. The first-order chi connectivity index (χ1) is 10.7. The van der Waals surface area contributed by atoms with Gasteiger partial charge in [0.1, 0.15) is 0 Å². The molecule has 1 aromatic carbocycles. The van der Waals surface area contributed by atoms with Gasteiger partial charge in [0.05, 0.1) is 11.4 Å². The first-order valence-electron chi connectivity index (χ1n) is 7.85. The third-order valence-corrected chi connectivity index (χ3v) is 3.46. The van der Waals surface area contributed by atoms with Crippen LogP contribution >= 0.6 is 0 Å². The summed E-state index contributed by atoms with van der Waals surface area (Å²) < 4.78 is 1.94. The molecule has 118 valence electrons. The number of aromatic nitrogens is 2. The summed E-state index contributed by atoms with van der Waals surface area (Å²) in [6, 6.07) is 10.2. The third-order valence-electron chi connectivity index (χ3n) is 3.46. The lowest BCUT2D eigenvalue weighted by Crippen LogP contribution is -2.32. The zero-order valence-corrected chi connectivity index (χ0v) is 13.4. The lowest BCUT2D eigenvalue weighted by molar-refractivity contribution is 0.761. The van der Waals surface area contributed by atoms with Crippen molar-refractivity contribution in [1.82, 2.24) is 15.1 Å². The molecule has 0 aliphatic carbocycles. The predicted molar refractivity (Wildman–Crippen MR) is 91.4 cm³/mol. The molecule has 3 N–H and O–H groups in total. The highest BCUT2D eigenvalue weighted by Gasteiger charge is 2.06. The van der Waals surface area contributed by atoms with Crippen molar-refractivity contribution >= 4 is 5.96 Å². The van der Waals surface area contributed by atoms with Gasteiger partial charge < -0.3 is 11.1 Å². The van der Waals surface area contributed by atoms with Crippen LogP contribution in [-0.2, 0) is 6.42 Å². The lowest BCUT2D eigenvalue weighted by atomic mass is 10.1. The summed E-state index contributed by atoms with van der Waals surface area (Å²) in [7, 11) is 0. The Morgan fingerprint density at radius 3 is 2.82 bits per heavy atom. The maximum Gasteiger partial charge on any atom is 0.188 e. The van der Waals surface area contributed by atoms with Crippen molar-refractivity contribution in [3.05, 3.63) is 47.8 Å². The normalized spacial score (nSPS) is 11.6. The highest BCUT2D eigenvalue weighted by molar-refractivity contribution is 5.77. The first kappa shape index (κ1) is 16.1. The monoisotopic (exact) mass is 299 g/mol. The van der Waals surface area contributed by atoms with E-state index in [4.69, 9.17) is 5.73 Å². The molecule has 0 spiro atoms. The van der Waals surface area contributed by atoms with Crippen molar-refractivity contribution in [3.8, 4) is 5.69 Å². The van der Waals surface area contributed by atoms with E-state index in [2.05, 4.69) is 47.6 Å². The lowest BCUT2D eigenvalue weighted by Gasteiger charge is -2.04. The Morgan fingerprint density at radius 2 is 2.09 bits per heavy atom. The molecule has 0 amide bonds. The minimum absolute atomic E-state index is 0.540. The summed E-state index contributed by atoms with van der Waals surface area (Å²) >= 11 is 0. The summed E-state index contributed by atoms with van der Waals surface area (Å²) in [5.74, 6) is 0.540. The van der Waals surface area contributed by atoms with Crippen molar-refractivity contribution in [2.75, 3.05) is 13.1 Å². The second-order valence-corrected chi connectivity index (χ2v) is 5.32. The Labute approximate surface area is 132 Å². The molecule has 5 nitrogen and oxygen atoms in total. The van der Waals surface area contributed by atoms with Gasteiger partial charge in [0, 0.05) is 19.3 Å². The van der Waals surface area contributed by atoms with Crippen LogP contribution in [0.25, 0.3) is 5.69 Å². The fourth-order valence-electron chi connectivity index (χ4n) is 2.24. The first-order valence-corrected chi connectivity index (χ1v) is 7.85. The van der Waals surface area contributed by atoms with Crippen LogP contribution in [0.5, 0.6) is 0 Å². The van der Waals surface area contributed by atoms with E-state index in [1.54, 1.807) is 0 Å². The maximum absolute atomic E-state index is 5.77. The van der Waals surface area contributed by atoms with Crippen LogP contribution in [0.3, 0.4) is 0 Å². The molecule has 0 radical (unpaired) electrons. The van der Waals surface area contributed by atoms with Gasteiger partial charge in [-0.15, -0.1) is 0 Å². The average Bonchev–Trinajstić information content (AvgIpc) is 2.91. The van der Waals surface area contributed by atoms with E-state index < -0.39 is 0 Å². The third kappa shape index (κ3) is 4.62. The number of guanidine groups is 1. The van der Waals surface area contributed by atoms with Gasteiger partial charge in [-0.1, -0.05) is 25.1 Å². The van der Waals surface area contributed by atoms with Crippen LogP contribution in [0, 0.1) is 6.92 Å². The average molecular weight is 299 g/mol. The molecule has 5 heteroatoms. The predicted octanol–water partition coefficient (Wildman–Crippen LogP) is 2.43. The van der Waals surface area contributed by atoms with E-state index in [9.17, 15) is 0 Å². The van der Waals surface area contributed by atoms with E-state index in [1.165, 1.54) is 5.56 Å². The smallest absolute Gasteiger partial charge is 0.188 e. The standard InChI is InChI=1S/C17H25N5/c1-3-11-19-17(18)20-12-7-8-15-13-22(21-14(15)2)16-9-5-4-6-10-16/h4-6,9-10,13H,3,7-8,11-12H2,1-2H3,(H3,18,19,20). The molecule has 0 unspecified atom stereocenters. The van der Waals surface area contributed by atoms with Gasteiger partial charge in [-0.25, -0.2) is 4.68 Å². The number of aliphatic imine (C=N–C) groups is 1. The quantitative estimate of drug-likeness (QED) is 0.469. The van der Waals surface area contributed by atoms with Gasteiger partial charge in [0.25, 0.3) is 0 Å². The molecular weight excluding hydrogens is 274 g/mol. The Kier molecular flexibility index (Phi) is 6.01. The molecular formula is C17H25N5. The van der Waals surface area contributed by atoms with Gasteiger partial charge in [0.2, 0.25) is 0 Å². The Morgan fingerprint density at radius 1 is 1.32 bits per heavy atom. The number of hydrogen-bond acceptors (Lipinski definition) is 2. The number of nitrogens with zero attached hydrogens (tertiary/aromatic N) is 3. The number of nitrogens with one attached hydrogen (secondary N) is 1. The Bertz CT molecular complexity index is 601. The number of benzene rings is 1. The highest BCUT2D eigenvalue weighted by Crippen LogP contribution is 2.13. The molecule has 0 aliphatic rings. The number of para-hydroxylation sites is 1. The maximum atomic E-state index is 5.77. The Hall–Kier alpha value is -2.30. The van der Waals surface area contributed by atoms with Crippen molar-refractivity contribution in [3.63, 3.8) is 0 Å². The summed E-state index contributed by atoms with van der Waals surface area (Å²) in [6.45, 7) is 5.75. The van der Waals surface area contributed by atoms with Gasteiger partial charge in [-0.05, 0) is 43.9 Å². The van der Waals surface area contributed by atoms with Crippen LogP contribution in [0.15, 0.2) is 41.5 Å². The fraction of sp³-hybridized carbons (Fsp3) is 0.412. The van der Waals surface area contributed by atoms with E-state index in [1.807, 2.05) is 22.9 Å². The molecule has 1 aromatic heterocycles. The van der Waals surface area contributed by atoms with Crippen LogP contribution in [0.4, 0.5) is 0 Å². The van der Waals surface area contributed by atoms with E-state index >= 15 is 0 Å². The molecule has 22 heavy (non-hydrogen) atoms. The molecule has 0 saturated heterocycles. The molecule has 1 heterocycles. The van der Waals surface area contributed by atoms with Crippen LogP contribution in [0.2, 0.25) is 0 Å². The minimum Gasteiger partial charge on any atom is -0.370 e. The SMILES string of the molecule is CCCN=C(N)NCCCc1cn(-c2ccccc2)nc1C. The summed E-state index contributed by atoms with van der Waals surface area (Å²) in [4.78, 5) is 4.22. The van der Waals surface area contributed by atoms with E-state index in [0.717, 1.165) is 43.7 Å². The minimum atomic E-state index is 0.540. The van der Waals surface area contributed by atoms with E-state index in [-0.39, 0.29) is 0 Å². The highest BCUT2D eigenvalue weighted by atomic mass is 15.3. The van der Waals surface area contributed by atoms with Crippen molar-refractivity contribution in [2.45, 2.75) is 33.1 Å². The van der Waals surface area contributed by atoms with Crippen LogP contribution < -0.4 is 11.1 Å². The van der Waals surface area contributed by atoms with Crippen molar-refractivity contribution in [2.24, 2.45) is 10.7 Å². The zero-order chi connectivity index (χ0) is 15.8. The number of hydrogen-bond donors (Lipinski definition) is 2. The number of nitrogens with two attached hydrogens (primary N) is 1. The number of rotatable bonds is 7. The Balaban J connectivity index is 1.85. The molecule has 0 fully saturated rings. The van der Waals surface area contributed by atoms with Gasteiger partial charge in [-0.2, -0.15) is 5.10 Å². The van der Waals surface area contributed by atoms with Crippen molar-refractivity contribution in [1.29, 1.82) is 0 Å². The molecule has 2 rings (SSSR count). The van der Waals surface area contributed by atoms with Gasteiger partial charge >= 0.3 is 0 Å². The largest absolute Gasteiger partial charge is 0.370 e. The number of aryl methyl sites for hydroxylation is 2.